The predicted molar refractivity (Wildman–Crippen MR) is 69.2 cm³/mol. The number of hydrogen-bond donors (Lipinski definition) is 1. The second kappa shape index (κ2) is 4.46. The molecule has 0 spiro atoms. The van der Waals surface area contributed by atoms with Crippen LogP contribution in [-0.4, -0.2) is 26.1 Å². The number of fused-ring (bicyclic) bond motifs is 1. The quantitative estimate of drug-likeness (QED) is 0.876. The lowest BCUT2D eigenvalue weighted by Gasteiger charge is -2.27. The van der Waals surface area contributed by atoms with E-state index in [0.717, 1.165) is 37.6 Å². The molecule has 0 unspecified atom stereocenters. The molecule has 1 aliphatic rings. The fourth-order valence-corrected chi connectivity index (χ4v) is 2.44. The summed E-state index contributed by atoms with van der Waals surface area (Å²) in [4.78, 5) is 6.66. The SMILES string of the molecule is Cc1ccc(O)c(CN2CCn3ccnc3C2)c1. The van der Waals surface area contributed by atoms with Crippen molar-refractivity contribution in [1.29, 1.82) is 0 Å². The smallest absolute Gasteiger partial charge is 0.122 e. The summed E-state index contributed by atoms with van der Waals surface area (Å²) in [6.07, 6.45) is 3.87. The van der Waals surface area contributed by atoms with E-state index in [1.54, 1.807) is 6.07 Å². The number of benzene rings is 1. The first-order chi connectivity index (χ1) is 8.72. The zero-order valence-electron chi connectivity index (χ0n) is 10.5. The number of phenolic OH excluding ortho intramolecular Hbond substituents is 1. The number of imidazole rings is 1. The van der Waals surface area contributed by atoms with E-state index in [4.69, 9.17) is 0 Å². The Morgan fingerprint density at radius 2 is 2.22 bits per heavy atom. The molecule has 0 radical (unpaired) electrons. The van der Waals surface area contributed by atoms with Crippen molar-refractivity contribution >= 4 is 0 Å². The highest BCUT2D eigenvalue weighted by atomic mass is 16.3. The van der Waals surface area contributed by atoms with Crippen LogP contribution in [0, 0.1) is 6.92 Å². The fourth-order valence-electron chi connectivity index (χ4n) is 2.44. The van der Waals surface area contributed by atoms with Gasteiger partial charge in [0.2, 0.25) is 0 Å². The number of rotatable bonds is 2. The largest absolute Gasteiger partial charge is 0.508 e. The molecule has 1 aliphatic heterocycles. The maximum atomic E-state index is 9.87. The van der Waals surface area contributed by atoms with Crippen LogP contribution in [0.3, 0.4) is 0 Å². The van der Waals surface area contributed by atoms with E-state index in [1.807, 2.05) is 25.4 Å². The van der Waals surface area contributed by atoms with Gasteiger partial charge >= 0.3 is 0 Å². The van der Waals surface area contributed by atoms with E-state index in [1.165, 1.54) is 5.56 Å². The van der Waals surface area contributed by atoms with Crippen molar-refractivity contribution < 1.29 is 5.11 Å². The van der Waals surface area contributed by atoms with Crippen molar-refractivity contribution in [2.75, 3.05) is 6.54 Å². The molecule has 18 heavy (non-hydrogen) atoms. The van der Waals surface area contributed by atoms with Gasteiger partial charge < -0.3 is 9.67 Å². The first kappa shape index (κ1) is 11.3. The summed E-state index contributed by atoms with van der Waals surface area (Å²) >= 11 is 0. The van der Waals surface area contributed by atoms with Crippen molar-refractivity contribution in [2.45, 2.75) is 26.6 Å². The van der Waals surface area contributed by atoms with Gasteiger partial charge in [0, 0.05) is 37.6 Å². The molecule has 4 nitrogen and oxygen atoms in total. The summed E-state index contributed by atoms with van der Waals surface area (Å²) in [6, 6.07) is 5.76. The highest BCUT2D eigenvalue weighted by Crippen LogP contribution is 2.22. The molecular formula is C14H17N3O. The summed E-state index contributed by atoms with van der Waals surface area (Å²) in [5.74, 6) is 1.49. The molecule has 0 atom stereocenters. The topological polar surface area (TPSA) is 41.3 Å². The second-order valence-electron chi connectivity index (χ2n) is 4.88. The molecule has 0 fully saturated rings. The lowest BCUT2D eigenvalue weighted by Crippen LogP contribution is -2.33. The van der Waals surface area contributed by atoms with Crippen LogP contribution in [0.2, 0.25) is 0 Å². The van der Waals surface area contributed by atoms with E-state index < -0.39 is 0 Å². The Bertz CT molecular complexity index is 562. The average Bonchev–Trinajstić information content (AvgIpc) is 2.81. The fraction of sp³-hybridized carbons (Fsp3) is 0.357. The maximum Gasteiger partial charge on any atom is 0.122 e. The Morgan fingerprint density at radius 1 is 1.33 bits per heavy atom. The third-order valence-electron chi connectivity index (χ3n) is 3.45. The molecule has 0 bridgehead atoms. The molecule has 2 heterocycles. The van der Waals surface area contributed by atoms with Crippen molar-refractivity contribution in [3.05, 3.63) is 47.5 Å². The van der Waals surface area contributed by atoms with Gasteiger partial charge in [-0.05, 0) is 13.0 Å². The van der Waals surface area contributed by atoms with Crippen LogP contribution >= 0.6 is 0 Å². The van der Waals surface area contributed by atoms with Crippen molar-refractivity contribution in [1.82, 2.24) is 14.5 Å². The zero-order chi connectivity index (χ0) is 12.5. The molecule has 1 N–H and O–H groups in total. The minimum atomic E-state index is 0.384. The van der Waals surface area contributed by atoms with Gasteiger partial charge in [-0.15, -0.1) is 0 Å². The Balaban J connectivity index is 1.76. The van der Waals surface area contributed by atoms with E-state index >= 15 is 0 Å². The summed E-state index contributed by atoms with van der Waals surface area (Å²) in [5, 5.41) is 9.87. The van der Waals surface area contributed by atoms with Gasteiger partial charge in [0.25, 0.3) is 0 Å². The molecule has 94 valence electrons. The first-order valence-electron chi connectivity index (χ1n) is 6.23. The summed E-state index contributed by atoms with van der Waals surface area (Å²) < 4.78 is 2.19. The van der Waals surface area contributed by atoms with Crippen LogP contribution in [0.4, 0.5) is 0 Å². The predicted octanol–water partition coefficient (Wildman–Crippen LogP) is 1.91. The standard InChI is InChI=1S/C14H17N3O/c1-11-2-3-13(18)12(8-11)9-16-6-7-17-5-4-15-14(17)10-16/h2-5,8,18H,6-7,9-10H2,1H3. The number of aryl methyl sites for hydroxylation is 1. The second-order valence-corrected chi connectivity index (χ2v) is 4.88. The van der Waals surface area contributed by atoms with Crippen LogP contribution < -0.4 is 0 Å². The maximum absolute atomic E-state index is 9.87. The van der Waals surface area contributed by atoms with Gasteiger partial charge in [0.05, 0.1) is 6.54 Å². The summed E-state index contributed by atoms with van der Waals surface area (Å²) in [6.45, 7) is 5.64. The lowest BCUT2D eigenvalue weighted by atomic mass is 10.1. The number of aromatic hydroxyl groups is 1. The number of phenols is 1. The van der Waals surface area contributed by atoms with Crippen LogP contribution in [0.15, 0.2) is 30.6 Å². The monoisotopic (exact) mass is 243 g/mol. The molecule has 0 amide bonds. The first-order valence-corrected chi connectivity index (χ1v) is 6.23. The third kappa shape index (κ3) is 2.11. The van der Waals surface area contributed by atoms with Crippen LogP contribution in [-0.2, 0) is 19.6 Å². The molecule has 4 heteroatoms. The number of hydrogen-bond acceptors (Lipinski definition) is 3. The summed E-state index contributed by atoms with van der Waals surface area (Å²) in [5.41, 5.74) is 2.18. The van der Waals surface area contributed by atoms with Crippen molar-refractivity contribution in [3.8, 4) is 5.75 Å². The highest BCUT2D eigenvalue weighted by Gasteiger charge is 2.17. The van der Waals surface area contributed by atoms with E-state index in [9.17, 15) is 5.11 Å². The molecule has 0 saturated heterocycles. The Morgan fingerprint density at radius 3 is 3.11 bits per heavy atom. The molecule has 1 aromatic heterocycles. The van der Waals surface area contributed by atoms with Gasteiger partial charge in [-0.3, -0.25) is 4.90 Å². The van der Waals surface area contributed by atoms with Crippen LogP contribution in [0.5, 0.6) is 5.75 Å². The van der Waals surface area contributed by atoms with Gasteiger partial charge in [-0.25, -0.2) is 4.98 Å². The van der Waals surface area contributed by atoms with Gasteiger partial charge in [-0.1, -0.05) is 17.7 Å². The number of nitrogens with zero attached hydrogens (tertiary/aromatic N) is 3. The van der Waals surface area contributed by atoms with Crippen molar-refractivity contribution in [2.24, 2.45) is 0 Å². The minimum absolute atomic E-state index is 0.384. The zero-order valence-corrected chi connectivity index (χ0v) is 10.5. The highest BCUT2D eigenvalue weighted by molar-refractivity contribution is 5.35. The molecule has 3 rings (SSSR count). The summed E-state index contributed by atoms with van der Waals surface area (Å²) in [7, 11) is 0. The van der Waals surface area contributed by atoms with Gasteiger partial charge in [-0.2, -0.15) is 0 Å². The molecule has 2 aromatic rings. The van der Waals surface area contributed by atoms with Crippen LogP contribution in [0.1, 0.15) is 17.0 Å². The van der Waals surface area contributed by atoms with Crippen molar-refractivity contribution in [3.63, 3.8) is 0 Å². The van der Waals surface area contributed by atoms with E-state index in [0.29, 0.717) is 5.75 Å². The molecular weight excluding hydrogens is 226 g/mol. The molecule has 1 aromatic carbocycles. The van der Waals surface area contributed by atoms with E-state index in [-0.39, 0.29) is 0 Å². The Hall–Kier alpha value is -1.81. The molecule has 0 saturated carbocycles. The Labute approximate surface area is 107 Å². The molecule has 0 aliphatic carbocycles. The third-order valence-corrected chi connectivity index (χ3v) is 3.45. The van der Waals surface area contributed by atoms with Gasteiger partial charge in [0.15, 0.2) is 0 Å². The lowest BCUT2D eigenvalue weighted by molar-refractivity contribution is 0.206. The average molecular weight is 243 g/mol. The minimum Gasteiger partial charge on any atom is -0.508 e. The van der Waals surface area contributed by atoms with E-state index in [2.05, 4.69) is 20.5 Å². The Kier molecular flexibility index (Phi) is 2.80. The van der Waals surface area contributed by atoms with Crippen LogP contribution in [0.25, 0.3) is 0 Å². The normalized spacial score (nSPS) is 15.6. The number of aromatic nitrogens is 2. The van der Waals surface area contributed by atoms with Gasteiger partial charge in [0.1, 0.15) is 11.6 Å².